The van der Waals surface area contributed by atoms with Crippen LogP contribution < -0.4 is 0 Å². The molecule has 0 aromatic carbocycles. The van der Waals surface area contributed by atoms with Crippen LogP contribution in [-0.4, -0.2) is 52.1 Å². The van der Waals surface area contributed by atoms with Crippen molar-refractivity contribution >= 4 is 5.91 Å². The third kappa shape index (κ3) is 2.63. The minimum absolute atomic E-state index is 0.0148. The van der Waals surface area contributed by atoms with Gasteiger partial charge in [-0.1, -0.05) is 12.1 Å². The lowest BCUT2D eigenvalue weighted by molar-refractivity contribution is -0.111. The van der Waals surface area contributed by atoms with Gasteiger partial charge in [0.05, 0.1) is 26.0 Å². The molecule has 3 heterocycles. The number of nitrogens with zero attached hydrogens (tertiary/aromatic N) is 4. The van der Waals surface area contributed by atoms with E-state index in [1.54, 1.807) is 10.9 Å². The zero-order valence-corrected chi connectivity index (χ0v) is 11.3. The van der Waals surface area contributed by atoms with Crippen molar-refractivity contribution in [2.75, 3.05) is 26.3 Å². The summed E-state index contributed by atoms with van der Waals surface area (Å²) in [6.07, 6.45) is 5.17. The van der Waals surface area contributed by atoms with Gasteiger partial charge in [-0.2, -0.15) is 0 Å². The van der Waals surface area contributed by atoms with Crippen LogP contribution in [0.4, 0.5) is 0 Å². The number of rotatable bonds is 3. The molecule has 2 fully saturated rings. The number of carbonyl (C=O) groups is 1. The summed E-state index contributed by atoms with van der Waals surface area (Å²) in [7, 11) is 0. The minimum Gasteiger partial charge on any atom is -0.380 e. The van der Waals surface area contributed by atoms with Gasteiger partial charge in [0, 0.05) is 18.5 Å². The number of aromatic nitrogens is 3. The van der Waals surface area contributed by atoms with Crippen LogP contribution >= 0.6 is 0 Å². The van der Waals surface area contributed by atoms with Gasteiger partial charge in [0.25, 0.3) is 5.91 Å². The predicted molar refractivity (Wildman–Crippen MR) is 68.7 cm³/mol. The van der Waals surface area contributed by atoms with E-state index in [9.17, 15) is 4.79 Å². The molecule has 2 saturated heterocycles. The highest BCUT2D eigenvalue weighted by molar-refractivity contribution is 5.91. The normalized spacial score (nSPS) is 22.1. The topological polar surface area (TPSA) is 60.2 Å². The number of carbonyl (C=O) groups excluding carboxylic acids is 1. The van der Waals surface area contributed by atoms with Crippen LogP contribution in [-0.2, 0) is 11.3 Å². The number of ether oxygens (including phenoxy) is 1. The first-order valence-corrected chi connectivity index (χ1v) is 6.93. The highest BCUT2D eigenvalue weighted by atomic mass is 16.5. The van der Waals surface area contributed by atoms with E-state index in [2.05, 4.69) is 17.2 Å². The van der Waals surface area contributed by atoms with Gasteiger partial charge in [0.1, 0.15) is 0 Å². The first kappa shape index (κ1) is 12.6. The molecule has 0 saturated carbocycles. The van der Waals surface area contributed by atoms with E-state index < -0.39 is 0 Å². The molecular weight excluding hydrogens is 244 g/mol. The van der Waals surface area contributed by atoms with Crippen LogP contribution in [0.3, 0.4) is 0 Å². The maximum absolute atomic E-state index is 12.2. The Balaban J connectivity index is 1.65. The largest absolute Gasteiger partial charge is 0.380 e. The molecule has 0 atom stereocenters. The first-order valence-electron chi connectivity index (χ1n) is 6.93. The van der Waals surface area contributed by atoms with Crippen molar-refractivity contribution in [3.8, 4) is 0 Å². The second-order valence-electron chi connectivity index (χ2n) is 5.96. The molecule has 0 bridgehead atoms. The molecule has 0 spiro atoms. The van der Waals surface area contributed by atoms with E-state index in [1.807, 2.05) is 4.90 Å². The molecule has 19 heavy (non-hydrogen) atoms. The third-order valence-electron chi connectivity index (χ3n) is 3.85. The molecule has 0 radical (unpaired) electrons. The van der Waals surface area contributed by atoms with Crippen LogP contribution in [0.5, 0.6) is 0 Å². The maximum atomic E-state index is 12.2. The van der Waals surface area contributed by atoms with Crippen molar-refractivity contribution in [3.63, 3.8) is 0 Å². The van der Waals surface area contributed by atoms with Gasteiger partial charge in [0.2, 0.25) is 0 Å². The summed E-state index contributed by atoms with van der Waals surface area (Å²) >= 11 is 0. The third-order valence-corrected chi connectivity index (χ3v) is 3.85. The van der Waals surface area contributed by atoms with Crippen LogP contribution in [0.15, 0.2) is 6.20 Å². The zero-order chi connectivity index (χ0) is 13.3. The molecule has 104 valence electrons. The number of likely N-dealkylation sites (tertiary alicyclic amines) is 1. The van der Waals surface area contributed by atoms with E-state index >= 15 is 0 Å². The summed E-state index contributed by atoms with van der Waals surface area (Å²) in [4.78, 5) is 14.1. The van der Waals surface area contributed by atoms with Crippen LogP contribution in [0.1, 0.15) is 36.7 Å². The lowest BCUT2D eigenvalue weighted by Crippen LogP contribution is -2.43. The summed E-state index contributed by atoms with van der Waals surface area (Å²) in [6, 6.07) is 0. The molecule has 2 aliphatic heterocycles. The number of piperidine rings is 1. The van der Waals surface area contributed by atoms with Crippen LogP contribution in [0.25, 0.3) is 0 Å². The molecule has 2 aliphatic rings. The average Bonchev–Trinajstić information content (AvgIpc) is 2.85. The molecule has 1 aromatic heterocycles. The van der Waals surface area contributed by atoms with Crippen molar-refractivity contribution < 1.29 is 9.53 Å². The fourth-order valence-electron chi connectivity index (χ4n) is 2.67. The Morgan fingerprint density at radius 2 is 2.11 bits per heavy atom. The summed E-state index contributed by atoms with van der Waals surface area (Å²) in [5.41, 5.74) is 0.602. The fraction of sp³-hybridized carbons (Fsp3) is 0.769. The van der Waals surface area contributed by atoms with Gasteiger partial charge in [0.15, 0.2) is 5.69 Å². The summed E-state index contributed by atoms with van der Waals surface area (Å²) in [5, 5.41) is 8.08. The molecule has 1 aromatic rings. The SMILES string of the molecule is CC1(Cn2cc(C(=O)N3CCCCC3)nn2)COC1. The van der Waals surface area contributed by atoms with Crippen molar-refractivity contribution in [1.82, 2.24) is 19.9 Å². The van der Waals surface area contributed by atoms with Gasteiger partial charge in [-0.3, -0.25) is 9.48 Å². The Hall–Kier alpha value is -1.43. The monoisotopic (exact) mass is 264 g/mol. The summed E-state index contributed by atoms with van der Waals surface area (Å²) in [6.45, 7) is 6.11. The van der Waals surface area contributed by atoms with Crippen molar-refractivity contribution in [1.29, 1.82) is 0 Å². The molecule has 6 heteroatoms. The van der Waals surface area contributed by atoms with Crippen molar-refractivity contribution in [2.45, 2.75) is 32.7 Å². The number of hydrogen-bond acceptors (Lipinski definition) is 4. The Morgan fingerprint density at radius 1 is 1.37 bits per heavy atom. The summed E-state index contributed by atoms with van der Waals surface area (Å²) < 4.78 is 6.99. The van der Waals surface area contributed by atoms with Crippen molar-refractivity contribution in [3.05, 3.63) is 11.9 Å². The van der Waals surface area contributed by atoms with E-state index in [-0.39, 0.29) is 11.3 Å². The standard InChI is InChI=1S/C13H20N4O2/c1-13(9-19-10-13)8-17-7-11(14-15-17)12(18)16-5-3-2-4-6-16/h7H,2-6,8-10H2,1H3. The lowest BCUT2D eigenvalue weighted by atomic mass is 9.89. The molecule has 0 N–H and O–H groups in total. The van der Waals surface area contributed by atoms with E-state index in [4.69, 9.17) is 4.74 Å². The fourth-order valence-corrected chi connectivity index (χ4v) is 2.67. The first-order chi connectivity index (χ1) is 9.16. The predicted octanol–water partition coefficient (Wildman–Crippen LogP) is 0.941. The zero-order valence-electron chi connectivity index (χ0n) is 11.3. The maximum Gasteiger partial charge on any atom is 0.276 e. The van der Waals surface area contributed by atoms with Gasteiger partial charge in [-0.25, -0.2) is 0 Å². The average molecular weight is 264 g/mol. The highest BCUT2D eigenvalue weighted by Gasteiger charge is 2.34. The molecule has 0 aliphatic carbocycles. The Morgan fingerprint density at radius 3 is 2.74 bits per heavy atom. The second kappa shape index (κ2) is 4.92. The van der Waals surface area contributed by atoms with Gasteiger partial charge < -0.3 is 9.64 Å². The van der Waals surface area contributed by atoms with Crippen molar-refractivity contribution in [2.24, 2.45) is 5.41 Å². The lowest BCUT2D eigenvalue weighted by Gasteiger charge is -2.37. The van der Waals surface area contributed by atoms with Gasteiger partial charge in [-0.05, 0) is 19.3 Å². The highest BCUT2D eigenvalue weighted by Crippen LogP contribution is 2.28. The molecule has 3 rings (SSSR count). The van der Waals surface area contributed by atoms with E-state index in [1.165, 1.54) is 6.42 Å². The smallest absolute Gasteiger partial charge is 0.276 e. The second-order valence-corrected chi connectivity index (χ2v) is 5.96. The quantitative estimate of drug-likeness (QED) is 0.815. The van der Waals surface area contributed by atoms with Crippen LogP contribution in [0, 0.1) is 5.41 Å². The minimum atomic E-state index is 0.0148. The van der Waals surface area contributed by atoms with Crippen LogP contribution in [0.2, 0.25) is 0 Å². The molecule has 0 unspecified atom stereocenters. The summed E-state index contributed by atoms with van der Waals surface area (Å²) in [5.74, 6) is 0.0148. The Bertz CT molecular complexity index is 461. The molecular formula is C13H20N4O2. The Kier molecular flexibility index (Phi) is 3.26. The van der Waals surface area contributed by atoms with Gasteiger partial charge >= 0.3 is 0 Å². The number of amides is 1. The Labute approximate surface area is 112 Å². The number of hydrogen-bond donors (Lipinski definition) is 0. The molecule has 1 amide bonds. The van der Waals surface area contributed by atoms with Gasteiger partial charge in [-0.15, -0.1) is 5.10 Å². The van der Waals surface area contributed by atoms with E-state index in [0.29, 0.717) is 5.69 Å². The molecule has 6 nitrogen and oxygen atoms in total. The van der Waals surface area contributed by atoms with E-state index in [0.717, 1.165) is 45.7 Å².